The van der Waals surface area contributed by atoms with Gasteiger partial charge in [0.25, 0.3) is 0 Å². The number of methoxy groups -OCH3 is 1. The van der Waals surface area contributed by atoms with Crippen LogP contribution in [0.3, 0.4) is 0 Å². The van der Waals surface area contributed by atoms with Crippen molar-refractivity contribution in [1.29, 1.82) is 0 Å². The molecule has 2 aliphatic rings. The first-order valence-electron chi connectivity index (χ1n) is 10.2. The van der Waals surface area contributed by atoms with Gasteiger partial charge in [0.1, 0.15) is 5.75 Å². The summed E-state index contributed by atoms with van der Waals surface area (Å²) in [7, 11) is -1.84. The summed E-state index contributed by atoms with van der Waals surface area (Å²) in [6.07, 6.45) is 4.91. The fourth-order valence-electron chi connectivity index (χ4n) is 5.30. The minimum atomic E-state index is -3.53. The first kappa shape index (κ1) is 20.9. The topological polar surface area (TPSA) is 55.4 Å². The van der Waals surface area contributed by atoms with Gasteiger partial charge in [-0.1, -0.05) is 31.0 Å². The van der Waals surface area contributed by atoms with Gasteiger partial charge in [0.05, 0.1) is 16.5 Å². The predicted octanol–water partition coefficient (Wildman–Crippen LogP) is 5.12. The Morgan fingerprint density at radius 2 is 1.90 bits per heavy atom. The maximum Gasteiger partial charge on any atom is 0.240 e. The molecule has 1 N–H and O–H groups in total. The molecule has 0 saturated heterocycles. The van der Waals surface area contributed by atoms with Crippen molar-refractivity contribution in [2.75, 3.05) is 7.11 Å². The lowest BCUT2D eigenvalue weighted by atomic mass is 9.57. The Morgan fingerprint density at radius 3 is 2.59 bits per heavy atom. The number of sulfonamides is 1. The van der Waals surface area contributed by atoms with E-state index in [-0.39, 0.29) is 17.4 Å². The summed E-state index contributed by atoms with van der Waals surface area (Å²) in [4.78, 5) is 0.345. The zero-order valence-electron chi connectivity index (χ0n) is 17.2. The highest BCUT2D eigenvalue weighted by molar-refractivity contribution is 9.10. The zero-order valence-corrected chi connectivity index (χ0v) is 19.6. The third kappa shape index (κ3) is 3.75. The molecular weight excluding hydrogens is 450 g/mol. The fourth-order valence-corrected chi connectivity index (χ4v) is 7.16. The van der Waals surface area contributed by atoms with Crippen LogP contribution >= 0.6 is 15.9 Å². The number of hydrogen-bond donors (Lipinski definition) is 1. The number of benzene rings is 2. The van der Waals surface area contributed by atoms with Crippen LogP contribution in [0.5, 0.6) is 5.75 Å². The zero-order chi connectivity index (χ0) is 20.8. The number of fused-ring (bicyclic) bond motifs is 3. The highest BCUT2D eigenvalue weighted by Gasteiger charge is 2.47. The molecule has 156 valence electrons. The lowest BCUT2D eigenvalue weighted by Crippen LogP contribution is -2.53. The molecule has 6 heteroatoms. The van der Waals surface area contributed by atoms with E-state index in [1.54, 1.807) is 19.2 Å². The van der Waals surface area contributed by atoms with Gasteiger partial charge in [-0.25, -0.2) is 13.1 Å². The lowest BCUT2D eigenvalue weighted by Gasteiger charge is -2.50. The van der Waals surface area contributed by atoms with Crippen LogP contribution in [0, 0.1) is 12.8 Å². The van der Waals surface area contributed by atoms with Gasteiger partial charge in [-0.3, -0.25) is 0 Å². The van der Waals surface area contributed by atoms with Crippen molar-refractivity contribution in [3.05, 3.63) is 57.6 Å². The minimum absolute atomic E-state index is 0.0529. The Balaban J connectivity index is 1.66. The van der Waals surface area contributed by atoms with Crippen molar-refractivity contribution >= 4 is 26.0 Å². The second kappa shape index (κ2) is 7.71. The lowest BCUT2D eigenvalue weighted by molar-refractivity contribution is 0.142. The summed E-state index contributed by atoms with van der Waals surface area (Å²) in [5.41, 5.74) is 3.66. The number of rotatable bonds is 4. The molecule has 4 rings (SSSR count). The molecule has 0 amide bonds. The molecule has 2 aromatic carbocycles. The van der Waals surface area contributed by atoms with Crippen LogP contribution < -0.4 is 9.46 Å². The summed E-state index contributed by atoms with van der Waals surface area (Å²) in [6.45, 7) is 4.26. The SMILES string of the molecule is COc1cc2c(cc1Br)CC[C@@H]1[C@@H](NS(=O)(=O)c3ccc(C)cc3)CCCC21C. The number of aryl methyl sites for hydroxylation is 2. The average Bonchev–Trinajstić information content (AvgIpc) is 2.67. The molecule has 2 aromatic rings. The summed E-state index contributed by atoms with van der Waals surface area (Å²) >= 11 is 3.61. The molecule has 1 unspecified atom stereocenters. The van der Waals surface area contributed by atoms with Crippen molar-refractivity contribution in [3.8, 4) is 5.75 Å². The molecule has 0 radical (unpaired) electrons. The van der Waals surface area contributed by atoms with E-state index in [1.807, 2.05) is 19.1 Å². The maximum absolute atomic E-state index is 13.0. The highest BCUT2D eigenvalue weighted by Crippen LogP contribution is 2.51. The van der Waals surface area contributed by atoms with Crippen LogP contribution in [0.4, 0.5) is 0 Å². The van der Waals surface area contributed by atoms with E-state index < -0.39 is 10.0 Å². The Hall–Kier alpha value is -1.37. The van der Waals surface area contributed by atoms with Crippen LogP contribution in [0.15, 0.2) is 45.8 Å². The van der Waals surface area contributed by atoms with E-state index in [4.69, 9.17) is 4.74 Å². The second-order valence-electron chi connectivity index (χ2n) is 8.64. The highest BCUT2D eigenvalue weighted by atomic mass is 79.9. The summed E-state index contributed by atoms with van der Waals surface area (Å²) in [6, 6.07) is 11.4. The van der Waals surface area contributed by atoms with E-state index in [9.17, 15) is 8.42 Å². The van der Waals surface area contributed by atoms with E-state index in [2.05, 4.69) is 39.7 Å². The van der Waals surface area contributed by atoms with Crippen molar-refractivity contribution in [2.24, 2.45) is 5.92 Å². The molecule has 0 aliphatic heterocycles. The molecule has 3 atom stereocenters. The van der Waals surface area contributed by atoms with E-state index in [0.717, 1.165) is 47.9 Å². The molecule has 0 bridgehead atoms. The smallest absolute Gasteiger partial charge is 0.240 e. The summed E-state index contributed by atoms with van der Waals surface area (Å²) in [5, 5.41) is 0. The van der Waals surface area contributed by atoms with Crippen molar-refractivity contribution in [1.82, 2.24) is 4.72 Å². The molecule has 1 saturated carbocycles. The Labute approximate surface area is 182 Å². The van der Waals surface area contributed by atoms with Crippen LogP contribution in [-0.2, 0) is 21.9 Å². The van der Waals surface area contributed by atoms with Gasteiger partial charge in [0.15, 0.2) is 0 Å². The number of nitrogens with one attached hydrogen (secondary N) is 1. The van der Waals surface area contributed by atoms with Gasteiger partial charge in [0.2, 0.25) is 10.0 Å². The van der Waals surface area contributed by atoms with E-state index >= 15 is 0 Å². The Kier molecular flexibility index (Phi) is 5.55. The average molecular weight is 478 g/mol. The minimum Gasteiger partial charge on any atom is -0.496 e. The maximum atomic E-state index is 13.0. The standard InChI is InChI=1S/C23H28BrNO3S/c1-15-6-9-17(10-7-15)29(26,27)25-21-5-4-12-23(2)18(21)11-8-16-13-20(24)22(28-3)14-19(16)23/h6-7,9-10,13-14,18,21,25H,4-5,8,11-12H2,1-3H3/t18-,21+,23?/m1/s1. The number of halogens is 1. The third-order valence-corrected chi connectivity index (χ3v) is 9.00. The third-order valence-electron chi connectivity index (χ3n) is 6.87. The first-order valence-corrected chi connectivity index (χ1v) is 12.5. The van der Waals surface area contributed by atoms with E-state index in [1.165, 1.54) is 11.1 Å². The van der Waals surface area contributed by atoms with Crippen molar-refractivity contribution in [2.45, 2.75) is 62.3 Å². The fraction of sp³-hybridized carbons (Fsp3) is 0.478. The van der Waals surface area contributed by atoms with Crippen LogP contribution in [0.2, 0.25) is 0 Å². The van der Waals surface area contributed by atoms with Gasteiger partial charge in [0, 0.05) is 6.04 Å². The normalized spacial score (nSPS) is 26.5. The molecule has 29 heavy (non-hydrogen) atoms. The predicted molar refractivity (Wildman–Crippen MR) is 119 cm³/mol. The second-order valence-corrected chi connectivity index (χ2v) is 11.2. The monoisotopic (exact) mass is 477 g/mol. The number of ether oxygens (including phenoxy) is 1. The van der Waals surface area contributed by atoms with E-state index in [0.29, 0.717) is 4.90 Å². The van der Waals surface area contributed by atoms with Gasteiger partial charge < -0.3 is 4.74 Å². The van der Waals surface area contributed by atoms with Gasteiger partial charge in [-0.05, 0) is 95.3 Å². The van der Waals surface area contributed by atoms with Crippen LogP contribution in [0.25, 0.3) is 0 Å². The largest absolute Gasteiger partial charge is 0.496 e. The first-order chi connectivity index (χ1) is 13.7. The Morgan fingerprint density at radius 1 is 1.17 bits per heavy atom. The van der Waals surface area contributed by atoms with Gasteiger partial charge in [-0.15, -0.1) is 0 Å². The van der Waals surface area contributed by atoms with Crippen LogP contribution in [0.1, 0.15) is 49.3 Å². The molecule has 4 nitrogen and oxygen atoms in total. The number of hydrogen-bond acceptors (Lipinski definition) is 3. The molecule has 1 fully saturated rings. The summed E-state index contributed by atoms with van der Waals surface area (Å²) < 4.78 is 35.7. The van der Waals surface area contributed by atoms with Crippen molar-refractivity contribution < 1.29 is 13.2 Å². The quantitative estimate of drug-likeness (QED) is 0.664. The Bertz CT molecular complexity index is 1020. The molecular formula is C23H28BrNO3S. The summed E-state index contributed by atoms with van der Waals surface area (Å²) in [5.74, 6) is 1.11. The van der Waals surface area contributed by atoms with Gasteiger partial charge in [-0.2, -0.15) is 0 Å². The molecule has 0 spiro atoms. The molecule has 0 heterocycles. The van der Waals surface area contributed by atoms with Gasteiger partial charge >= 0.3 is 0 Å². The molecule has 2 aliphatic carbocycles. The van der Waals surface area contributed by atoms with Crippen LogP contribution in [-0.4, -0.2) is 21.6 Å². The van der Waals surface area contributed by atoms with Crippen molar-refractivity contribution in [3.63, 3.8) is 0 Å². The molecule has 0 aromatic heterocycles.